The summed E-state index contributed by atoms with van der Waals surface area (Å²) in [7, 11) is 5.66. The Kier molecular flexibility index (Phi) is 3.12. The van der Waals surface area contributed by atoms with Crippen LogP contribution < -0.4 is 10.2 Å². The molecule has 66 valence electrons. The first kappa shape index (κ1) is 9.84. The Morgan fingerprint density at radius 2 is 2.15 bits per heavy atom. The van der Waals surface area contributed by atoms with Gasteiger partial charge in [-0.15, -0.1) is 0 Å². The summed E-state index contributed by atoms with van der Waals surface area (Å²) in [6, 6.07) is 4.99. The van der Waals surface area contributed by atoms with Crippen LogP contribution in [0.15, 0.2) is 18.2 Å². The molecule has 0 aliphatic carbocycles. The second kappa shape index (κ2) is 4.12. The Morgan fingerprint density at radius 3 is 2.62 bits per heavy atom. The maximum atomic E-state index is 10.4. The monoisotopic (exact) mass is 174 g/mol. The van der Waals surface area contributed by atoms with Gasteiger partial charge in [0.05, 0.1) is 6.10 Å². The third-order valence-electron chi connectivity index (χ3n) is 1.53. The average Bonchev–Trinajstić information content (AvgIpc) is 2.08. The molecule has 0 saturated heterocycles. The predicted octanol–water partition coefficient (Wildman–Crippen LogP) is 1.08. The first-order valence-electron chi connectivity index (χ1n) is 4.15. The molecular formula is C10H11BO2. The predicted molar refractivity (Wildman–Crippen MR) is 53.0 cm³/mol. The number of hydrogen-bond donors (Lipinski definition) is 0. The highest BCUT2D eigenvalue weighted by Crippen LogP contribution is 2.09. The SMILES string of the molecule is [B]c1cc(C=O)ccc1OC(C)C. The number of carbonyl (C=O) groups excluding carboxylic acids is 1. The van der Waals surface area contributed by atoms with Gasteiger partial charge in [0.1, 0.15) is 19.9 Å². The third-order valence-corrected chi connectivity index (χ3v) is 1.53. The van der Waals surface area contributed by atoms with Crippen molar-refractivity contribution in [2.24, 2.45) is 0 Å². The van der Waals surface area contributed by atoms with Crippen LogP contribution in [-0.2, 0) is 0 Å². The average molecular weight is 174 g/mol. The van der Waals surface area contributed by atoms with Gasteiger partial charge in [0.25, 0.3) is 0 Å². The van der Waals surface area contributed by atoms with Crippen LogP contribution in [0.25, 0.3) is 0 Å². The van der Waals surface area contributed by atoms with Gasteiger partial charge in [0.15, 0.2) is 0 Å². The fourth-order valence-corrected chi connectivity index (χ4v) is 1.00. The second-order valence-electron chi connectivity index (χ2n) is 3.08. The summed E-state index contributed by atoms with van der Waals surface area (Å²) in [6.07, 6.45) is 0.847. The molecule has 2 radical (unpaired) electrons. The van der Waals surface area contributed by atoms with E-state index in [1.54, 1.807) is 18.2 Å². The zero-order valence-corrected chi connectivity index (χ0v) is 7.78. The van der Waals surface area contributed by atoms with E-state index >= 15 is 0 Å². The van der Waals surface area contributed by atoms with Crippen molar-refractivity contribution in [2.45, 2.75) is 20.0 Å². The van der Waals surface area contributed by atoms with Crippen molar-refractivity contribution >= 4 is 19.6 Å². The van der Waals surface area contributed by atoms with Gasteiger partial charge in [-0.1, -0.05) is 11.5 Å². The topological polar surface area (TPSA) is 26.3 Å². The van der Waals surface area contributed by atoms with Crippen molar-refractivity contribution in [1.82, 2.24) is 0 Å². The summed E-state index contributed by atoms with van der Waals surface area (Å²) in [5.74, 6) is 0.626. The van der Waals surface area contributed by atoms with Gasteiger partial charge in [0, 0.05) is 5.56 Å². The van der Waals surface area contributed by atoms with Gasteiger partial charge in [0.2, 0.25) is 0 Å². The van der Waals surface area contributed by atoms with Crippen LogP contribution in [0.4, 0.5) is 0 Å². The Bertz CT molecular complexity index is 308. The van der Waals surface area contributed by atoms with E-state index in [0.29, 0.717) is 16.8 Å². The number of hydrogen-bond acceptors (Lipinski definition) is 2. The molecule has 0 bridgehead atoms. The molecule has 0 N–H and O–H groups in total. The molecule has 0 amide bonds. The van der Waals surface area contributed by atoms with E-state index in [0.717, 1.165) is 6.29 Å². The highest BCUT2D eigenvalue weighted by atomic mass is 16.5. The van der Waals surface area contributed by atoms with Gasteiger partial charge in [-0.25, -0.2) is 0 Å². The molecule has 0 spiro atoms. The standard InChI is InChI=1S/C10H11BO2/c1-7(2)13-10-4-3-8(6-12)5-9(10)11/h3-7H,1-2H3. The van der Waals surface area contributed by atoms with Gasteiger partial charge < -0.3 is 4.74 Å². The Morgan fingerprint density at radius 1 is 1.46 bits per heavy atom. The van der Waals surface area contributed by atoms with Crippen LogP contribution >= 0.6 is 0 Å². The lowest BCUT2D eigenvalue weighted by molar-refractivity contribution is 0.112. The minimum atomic E-state index is 0.0874. The van der Waals surface area contributed by atoms with E-state index < -0.39 is 0 Å². The normalized spacial score (nSPS) is 10.1. The molecule has 0 aromatic heterocycles. The zero-order valence-electron chi connectivity index (χ0n) is 7.78. The zero-order chi connectivity index (χ0) is 9.84. The van der Waals surface area contributed by atoms with E-state index in [1.165, 1.54) is 0 Å². The molecular weight excluding hydrogens is 163 g/mol. The molecule has 0 aliphatic rings. The van der Waals surface area contributed by atoms with Crippen LogP contribution in [0.2, 0.25) is 0 Å². The molecule has 0 heterocycles. The fourth-order valence-electron chi connectivity index (χ4n) is 1.00. The fraction of sp³-hybridized carbons (Fsp3) is 0.300. The van der Waals surface area contributed by atoms with Gasteiger partial charge in [-0.05, 0) is 26.0 Å². The van der Waals surface area contributed by atoms with Gasteiger partial charge in [-0.3, -0.25) is 4.79 Å². The maximum Gasteiger partial charge on any atom is 0.150 e. The molecule has 1 rings (SSSR count). The summed E-state index contributed by atoms with van der Waals surface area (Å²) in [5.41, 5.74) is 1.06. The van der Waals surface area contributed by atoms with Gasteiger partial charge >= 0.3 is 0 Å². The van der Waals surface area contributed by atoms with E-state index in [-0.39, 0.29) is 6.10 Å². The number of benzene rings is 1. The Balaban J connectivity index is 2.91. The summed E-state index contributed by atoms with van der Waals surface area (Å²) in [5, 5.41) is 0. The lowest BCUT2D eigenvalue weighted by atomic mass is 9.93. The highest BCUT2D eigenvalue weighted by molar-refractivity contribution is 6.34. The van der Waals surface area contributed by atoms with Crippen molar-refractivity contribution in [3.8, 4) is 5.75 Å². The molecule has 0 fully saturated rings. The maximum absolute atomic E-state index is 10.4. The molecule has 2 nitrogen and oxygen atoms in total. The van der Waals surface area contributed by atoms with Crippen molar-refractivity contribution in [3.05, 3.63) is 23.8 Å². The molecule has 13 heavy (non-hydrogen) atoms. The Hall–Kier alpha value is -1.25. The first-order valence-corrected chi connectivity index (χ1v) is 4.15. The summed E-state index contributed by atoms with van der Waals surface area (Å²) in [4.78, 5) is 10.4. The van der Waals surface area contributed by atoms with Gasteiger partial charge in [-0.2, -0.15) is 0 Å². The smallest absolute Gasteiger partial charge is 0.150 e. The number of ether oxygens (including phenoxy) is 1. The van der Waals surface area contributed by atoms with Crippen molar-refractivity contribution in [2.75, 3.05) is 0 Å². The van der Waals surface area contributed by atoms with Crippen LogP contribution in [0.5, 0.6) is 5.75 Å². The van der Waals surface area contributed by atoms with Crippen LogP contribution in [0, 0.1) is 0 Å². The minimum Gasteiger partial charge on any atom is -0.492 e. The lowest BCUT2D eigenvalue weighted by Gasteiger charge is -2.12. The van der Waals surface area contributed by atoms with Crippen LogP contribution in [-0.4, -0.2) is 20.2 Å². The van der Waals surface area contributed by atoms with E-state index in [4.69, 9.17) is 12.6 Å². The Labute approximate surface area is 79.3 Å². The molecule has 0 saturated carbocycles. The molecule has 0 atom stereocenters. The third kappa shape index (κ3) is 2.62. The van der Waals surface area contributed by atoms with Crippen molar-refractivity contribution < 1.29 is 9.53 Å². The van der Waals surface area contributed by atoms with Crippen molar-refractivity contribution in [3.63, 3.8) is 0 Å². The highest BCUT2D eigenvalue weighted by Gasteiger charge is 2.01. The van der Waals surface area contributed by atoms with E-state index in [2.05, 4.69) is 0 Å². The molecule has 0 unspecified atom stereocenters. The number of aldehydes is 1. The number of rotatable bonds is 3. The molecule has 0 aliphatic heterocycles. The summed E-state index contributed by atoms with van der Waals surface area (Å²) < 4.78 is 5.40. The molecule has 1 aromatic carbocycles. The quantitative estimate of drug-likeness (QED) is 0.506. The van der Waals surface area contributed by atoms with Crippen LogP contribution in [0.1, 0.15) is 24.2 Å². The second-order valence-corrected chi connectivity index (χ2v) is 3.08. The van der Waals surface area contributed by atoms with E-state index in [1.807, 2.05) is 13.8 Å². The summed E-state index contributed by atoms with van der Waals surface area (Å²) >= 11 is 0. The number of carbonyl (C=O) groups is 1. The first-order chi connectivity index (χ1) is 6.13. The van der Waals surface area contributed by atoms with Crippen LogP contribution in [0.3, 0.4) is 0 Å². The van der Waals surface area contributed by atoms with Crippen molar-refractivity contribution in [1.29, 1.82) is 0 Å². The molecule has 1 aromatic rings. The minimum absolute atomic E-state index is 0.0874. The van der Waals surface area contributed by atoms with E-state index in [9.17, 15) is 4.79 Å². The lowest BCUT2D eigenvalue weighted by Crippen LogP contribution is -2.14. The largest absolute Gasteiger partial charge is 0.492 e. The molecule has 3 heteroatoms. The summed E-state index contributed by atoms with van der Waals surface area (Å²) in [6.45, 7) is 3.85.